The van der Waals surface area contributed by atoms with Crippen molar-refractivity contribution < 1.29 is 28.8 Å². The van der Waals surface area contributed by atoms with Crippen LogP contribution in [0.5, 0.6) is 5.75 Å². The second kappa shape index (κ2) is 7.71. The zero-order valence-electron chi connectivity index (χ0n) is 14.1. The summed E-state index contributed by atoms with van der Waals surface area (Å²) < 4.78 is 23.7. The van der Waals surface area contributed by atoms with Crippen molar-refractivity contribution in [2.75, 3.05) is 11.7 Å². The van der Waals surface area contributed by atoms with Crippen LogP contribution in [0.4, 0.5) is 5.69 Å². The van der Waals surface area contributed by atoms with Crippen molar-refractivity contribution in [3.63, 3.8) is 0 Å². The van der Waals surface area contributed by atoms with Crippen LogP contribution in [0.15, 0.2) is 18.2 Å². The number of aromatic carboxylic acids is 1. The number of phenols is 1. The molecule has 1 atom stereocenters. The SMILES string of the molecule is C#CP(=O)(Nc1ccc(C(=O)O)c(O)c1)OC(C)(C)COC(C)C. The highest BCUT2D eigenvalue weighted by Gasteiger charge is 2.32. The first-order chi connectivity index (χ1) is 11.0. The molecular formula is C16H22NO6P. The van der Waals surface area contributed by atoms with Gasteiger partial charge in [-0.3, -0.25) is 9.09 Å². The van der Waals surface area contributed by atoms with Gasteiger partial charge in [0, 0.05) is 17.4 Å². The summed E-state index contributed by atoms with van der Waals surface area (Å²) in [7, 11) is -3.72. The van der Waals surface area contributed by atoms with E-state index in [0.29, 0.717) is 0 Å². The molecule has 0 bridgehead atoms. The summed E-state index contributed by atoms with van der Waals surface area (Å²) in [6, 6.07) is 3.64. The Hall–Kier alpha value is -2.00. The highest BCUT2D eigenvalue weighted by molar-refractivity contribution is 7.65. The Labute approximate surface area is 141 Å². The molecule has 0 aliphatic rings. The molecule has 1 aromatic carbocycles. The first-order valence-electron chi connectivity index (χ1n) is 7.23. The zero-order valence-corrected chi connectivity index (χ0v) is 15.0. The summed E-state index contributed by atoms with van der Waals surface area (Å²) in [6.07, 6.45) is 5.31. The van der Waals surface area contributed by atoms with Gasteiger partial charge in [0.05, 0.1) is 18.3 Å². The third-order valence-corrected chi connectivity index (χ3v) is 4.46. The van der Waals surface area contributed by atoms with Gasteiger partial charge >= 0.3 is 13.5 Å². The molecule has 0 aliphatic heterocycles. The highest BCUT2D eigenvalue weighted by Crippen LogP contribution is 2.49. The first kappa shape index (κ1) is 20.0. The van der Waals surface area contributed by atoms with E-state index in [0.717, 1.165) is 6.07 Å². The lowest BCUT2D eigenvalue weighted by molar-refractivity contribution is -0.0250. The van der Waals surface area contributed by atoms with Crippen molar-refractivity contribution in [3.05, 3.63) is 23.8 Å². The highest BCUT2D eigenvalue weighted by atomic mass is 31.2. The van der Waals surface area contributed by atoms with Gasteiger partial charge in [-0.25, -0.2) is 4.79 Å². The van der Waals surface area contributed by atoms with Crippen LogP contribution >= 0.6 is 7.52 Å². The van der Waals surface area contributed by atoms with Crippen LogP contribution in [0.25, 0.3) is 0 Å². The van der Waals surface area contributed by atoms with Gasteiger partial charge in [0.1, 0.15) is 11.3 Å². The van der Waals surface area contributed by atoms with Crippen molar-refractivity contribution in [2.45, 2.75) is 39.4 Å². The lowest BCUT2D eigenvalue weighted by Gasteiger charge is -2.29. The van der Waals surface area contributed by atoms with Crippen molar-refractivity contribution in [3.8, 4) is 17.8 Å². The fourth-order valence-corrected chi connectivity index (χ4v) is 3.17. The molecule has 0 aromatic heterocycles. The molecule has 7 nitrogen and oxygen atoms in total. The van der Waals surface area contributed by atoms with Gasteiger partial charge in [-0.05, 0) is 39.8 Å². The molecule has 1 unspecified atom stereocenters. The molecule has 24 heavy (non-hydrogen) atoms. The monoisotopic (exact) mass is 355 g/mol. The predicted molar refractivity (Wildman–Crippen MR) is 91.4 cm³/mol. The number of carboxylic acids is 1. The number of ether oxygens (including phenoxy) is 1. The summed E-state index contributed by atoms with van der Waals surface area (Å²) in [5.74, 6) is -1.75. The minimum atomic E-state index is -3.72. The number of terminal acetylenes is 1. The maximum Gasteiger partial charge on any atom is 0.367 e. The van der Waals surface area contributed by atoms with Gasteiger partial charge in [0.15, 0.2) is 0 Å². The molecule has 0 amide bonds. The van der Waals surface area contributed by atoms with E-state index < -0.39 is 24.8 Å². The maximum absolute atomic E-state index is 12.7. The lowest BCUT2D eigenvalue weighted by Crippen LogP contribution is -2.31. The Morgan fingerprint density at radius 3 is 2.54 bits per heavy atom. The third-order valence-electron chi connectivity index (χ3n) is 2.81. The largest absolute Gasteiger partial charge is 0.507 e. The molecule has 0 spiro atoms. The van der Waals surface area contributed by atoms with E-state index in [4.69, 9.17) is 20.8 Å². The number of carbonyl (C=O) groups is 1. The fraction of sp³-hybridized carbons (Fsp3) is 0.438. The Kier molecular flexibility index (Phi) is 6.44. The molecule has 0 radical (unpaired) electrons. The van der Waals surface area contributed by atoms with Crippen LogP contribution in [0.3, 0.4) is 0 Å². The summed E-state index contributed by atoms with van der Waals surface area (Å²) in [5, 5.41) is 21.1. The predicted octanol–water partition coefficient (Wildman–Crippen LogP) is 3.51. The molecule has 132 valence electrons. The van der Waals surface area contributed by atoms with Gasteiger partial charge in [0.25, 0.3) is 0 Å². The van der Waals surface area contributed by atoms with E-state index in [9.17, 15) is 14.5 Å². The topological polar surface area (TPSA) is 105 Å². The number of rotatable bonds is 8. The number of aromatic hydroxyl groups is 1. The smallest absolute Gasteiger partial charge is 0.367 e. The van der Waals surface area contributed by atoms with E-state index in [1.54, 1.807) is 13.8 Å². The van der Waals surface area contributed by atoms with Crippen molar-refractivity contribution in [1.82, 2.24) is 0 Å². The average Bonchev–Trinajstić information content (AvgIpc) is 2.44. The van der Waals surface area contributed by atoms with Crippen LogP contribution in [0, 0.1) is 12.1 Å². The third kappa shape index (κ3) is 5.89. The molecule has 0 saturated carbocycles. The minimum absolute atomic E-state index is 0.0217. The van der Waals surface area contributed by atoms with E-state index >= 15 is 0 Å². The molecular weight excluding hydrogens is 333 g/mol. The normalized spacial score (nSPS) is 14.0. The Bertz CT molecular complexity index is 692. The maximum atomic E-state index is 12.7. The Balaban J connectivity index is 2.93. The number of hydrogen-bond donors (Lipinski definition) is 3. The van der Waals surface area contributed by atoms with Crippen molar-refractivity contribution in [1.29, 1.82) is 0 Å². The van der Waals surface area contributed by atoms with Gasteiger partial charge in [-0.15, -0.1) is 6.42 Å². The number of benzene rings is 1. The summed E-state index contributed by atoms with van der Waals surface area (Å²) >= 11 is 0. The fourth-order valence-electron chi connectivity index (χ4n) is 1.78. The van der Waals surface area contributed by atoms with Crippen molar-refractivity contribution in [2.24, 2.45) is 0 Å². The molecule has 0 fully saturated rings. The van der Waals surface area contributed by atoms with Crippen LogP contribution in [-0.2, 0) is 13.8 Å². The Morgan fingerprint density at radius 1 is 1.46 bits per heavy atom. The van der Waals surface area contributed by atoms with E-state index in [1.807, 2.05) is 13.8 Å². The summed E-state index contributed by atoms with van der Waals surface area (Å²) in [6.45, 7) is 7.28. The zero-order chi connectivity index (χ0) is 18.5. The van der Waals surface area contributed by atoms with Crippen LogP contribution in [0.1, 0.15) is 38.1 Å². The lowest BCUT2D eigenvalue weighted by atomic mass is 10.2. The Morgan fingerprint density at radius 2 is 2.08 bits per heavy atom. The molecule has 1 rings (SSSR count). The van der Waals surface area contributed by atoms with Crippen LogP contribution < -0.4 is 5.09 Å². The van der Waals surface area contributed by atoms with Gasteiger partial charge in [0.2, 0.25) is 0 Å². The number of carboxylic acid groups (broad SMARTS) is 1. The van der Waals surface area contributed by atoms with Crippen LogP contribution in [-0.4, -0.2) is 34.5 Å². The van der Waals surface area contributed by atoms with Crippen molar-refractivity contribution >= 4 is 19.2 Å². The molecule has 8 heteroatoms. The van der Waals surface area contributed by atoms with E-state index in [-0.39, 0.29) is 24.0 Å². The standard InChI is InChI=1S/C16H22NO6P/c1-6-24(21,23-16(4,5)10-22-11(2)3)17-12-7-8-13(15(19)20)14(18)9-12/h1,7-9,11,18H,10H2,2-5H3,(H,17,21)(H,19,20). The van der Waals surface area contributed by atoms with Crippen LogP contribution in [0.2, 0.25) is 0 Å². The molecule has 0 heterocycles. The number of anilines is 1. The molecule has 0 saturated heterocycles. The quantitative estimate of drug-likeness (QED) is 0.484. The number of nitrogens with one attached hydrogen (secondary N) is 1. The van der Waals surface area contributed by atoms with Gasteiger partial charge < -0.3 is 20.0 Å². The first-order valence-corrected chi connectivity index (χ1v) is 8.85. The minimum Gasteiger partial charge on any atom is -0.507 e. The number of hydrogen-bond acceptors (Lipinski definition) is 5. The average molecular weight is 355 g/mol. The molecule has 3 N–H and O–H groups in total. The second-order valence-electron chi connectivity index (χ2n) is 6.04. The van der Waals surface area contributed by atoms with Gasteiger partial charge in [-0.2, -0.15) is 0 Å². The van der Waals surface area contributed by atoms with E-state index in [1.165, 1.54) is 12.1 Å². The van der Waals surface area contributed by atoms with Gasteiger partial charge in [-0.1, -0.05) is 0 Å². The molecule has 1 aromatic rings. The summed E-state index contributed by atoms with van der Waals surface area (Å²) in [5.41, 5.74) is 1.09. The second-order valence-corrected chi connectivity index (χ2v) is 7.81. The van der Waals surface area contributed by atoms with E-state index in [2.05, 4.69) is 10.7 Å². The molecule has 0 aliphatic carbocycles. The summed E-state index contributed by atoms with van der Waals surface area (Å²) in [4.78, 5) is 10.9.